The zero-order valence-electron chi connectivity index (χ0n) is 14.6. The Morgan fingerprint density at radius 1 is 0.960 bits per heavy atom. The quantitative estimate of drug-likeness (QED) is 0.670. The van der Waals surface area contributed by atoms with Crippen LogP contribution >= 0.6 is 0 Å². The van der Waals surface area contributed by atoms with Crippen LogP contribution in [0.15, 0.2) is 54.6 Å². The van der Waals surface area contributed by atoms with Gasteiger partial charge in [0.1, 0.15) is 19.0 Å². The second-order valence-corrected chi connectivity index (χ2v) is 5.43. The molecule has 2 rings (SSSR count). The molecule has 1 N–H and O–H groups in total. The van der Waals surface area contributed by atoms with Gasteiger partial charge in [-0.1, -0.05) is 42.5 Å². The molecule has 2 aromatic rings. The van der Waals surface area contributed by atoms with E-state index in [1.165, 1.54) is 0 Å². The molecule has 0 fully saturated rings. The predicted octanol–water partition coefficient (Wildman–Crippen LogP) is 3.57. The topological polar surface area (TPSA) is 56.8 Å². The van der Waals surface area contributed by atoms with E-state index in [1.807, 2.05) is 61.5 Å². The van der Waals surface area contributed by atoms with Crippen LogP contribution in [-0.4, -0.2) is 32.5 Å². The lowest BCUT2D eigenvalue weighted by Gasteiger charge is -2.09. The first-order valence-electron chi connectivity index (χ1n) is 8.52. The molecule has 0 saturated heterocycles. The number of carbonyl (C=O) groups is 1. The SMILES string of the molecule is CCOCCOc1ccc(CCNC(=O)OCc2ccccc2)cc1. The third-order valence-electron chi connectivity index (χ3n) is 3.52. The lowest BCUT2D eigenvalue weighted by molar-refractivity contribution is 0.110. The van der Waals surface area contributed by atoms with Gasteiger partial charge in [0, 0.05) is 13.2 Å². The molecule has 0 aromatic heterocycles. The molecule has 0 bridgehead atoms. The van der Waals surface area contributed by atoms with Gasteiger partial charge >= 0.3 is 6.09 Å². The molecule has 0 aliphatic heterocycles. The summed E-state index contributed by atoms with van der Waals surface area (Å²) in [7, 11) is 0. The summed E-state index contributed by atoms with van der Waals surface area (Å²) in [5.74, 6) is 0.818. The number of carbonyl (C=O) groups excluding carboxylic acids is 1. The van der Waals surface area contributed by atoms with Gasteiger partial charge in [-0.15, -0.1) is 0 Å². The van der Waals surface area contributed by atoms with Crippen molar-refractivity contribution in [2.75, 3.05) is 26.4 Å². The minimum Gasteiger partial charge on any atom is -0.491 e. The third kappa shape index (κ3) is 7.72. The third-order valence-corrected chi connectivity index (χ3v) is 3.52. The molecule has 134 valence electrons. The van der Waals surface area contributed by atoms with Crippen LogP contribution in [0.25, 0.3) is 0 Å². The van der Waals surface area contributed by atoms with Gasteiger partial charge in [0.2, 0.25) is 0 Å². The van der Waals surface area contributed by atoms with Gasteiger partial charge in [0.05, 0.1) is 6.61 Å². The van der Waals surface area contributed by atoms with Crippen LogP contribution in [0.1, 0.15) is 18.1 Å². The smallest absolute Gasteiger partial charge is 0.407 e. The van der Waals surface area contributed by atoms with Crippen molar-refractivity contribution in [2.24, 2.45) is 0 Å². The maximum atomic E-state index is 11.7. The Labute approximate surface area is 148 Å². The molecule has 5 nitrogen and oxygen atoms in total. The molecule has 0 saturated carbocycles. The normalized spacial score (nSPS) is 10.3. The molecule has 0 atom stereocenters. The van der Waals surface area contributed by atoms with E-state index in [0.717, 1.165) is 23.3 Å². The van der Waals surface area contributed by atoms with Gasteiger partial charge < -0.3 is 19.5 Å². The van der Waals surface area contributed by atoms with E-state index in [4.69, 9.17) is 14.2 Å². The molecule has 1 amide bonds. The second kappa shape index (κ2) is 11.1. The first-order valence-corrected chi connectivity index (χ1v) is 8.52. The largest absolute Gasteiger partial charge is 0.491 e. The molecule has 0 spiro atoms. The van der Waals surface area contributed by atoms with Crippen molar-refractivity contribution in [1.82, 2.24) is 5.32 Å². The molecule has 0 aliphatic rings. The van der Waals surface area contributed by atoms with Gasteiger partial charge in [-0.05, 0) is 36.6 Å². The summed E-state index contributed by atoms with van der Waals surface area (Å²) in [4.78, 5) is 11.7. The van der Waals surface area contributed by atoms with Crippen molar-refractivity contribution in [3.8, 4) is 5.75 Å². The van der Waals surface area contributed by atoms with Crippen LogP contribution in [0.3, 0.4) is 0 Å². The number of alkyl carbamates (subject to hydrolysis) is 1. The maximum Gasteiger partial charge on any atom is 0.407 e. The van der Waals surface area contributed by atoms with Crippen molar-refractivity contribution in [2.45, 2.75) is 20.0 Å². The summed E-state index contributed by atoms with van der Waals surface area (Å²) >= 11 is 0. The van der Waals surface area contributed by atoms with Crippen molar-refractivity contribution in [3.63, 3.8) is 0 Å². The highest BCUT2D eigenvalue weighted by molar-refractivity contribution is 5.67. The molecule has 0 radical (unpaired) electrons. The molecule has 25 heavy (non-hydrogen) atoms. The summed E-state index contributed by atoms with van der Waals surface area (Å²) in [5, 5.41) is 2.76. The molecule has 2 aromatic carbocycles. The van der Waals surface area contributed by atoms with E-state index in [-0.39, 0.29) is 6.61 Å². The highest BCUT2D eigenvalue weighted by Gasteiger charge is 2.02. The highest BCUT2D eigenvalue weighted by Crippen LogP contribution is 2.12. The van der Waals surface area contributed by atoms with E-state index in [1.54, 1.807) is 0 Å². The van der Waals surface area contributed by atoms with Crippen LogP contribution in [0.5, 0.6) is 5.75 Å². The molecule has 0 unspecified atom stereocenters. The molecular formula is C20H25NO4. The highest BCUT2D eigenvalue weighted by atomic mass is 16.5. The number of rotatable bonds is 10. The van der Waals surface area contributed by atoms with Crippen molar-refractivity contribution >= 4 is 6.09 Å². The predicted molar refractivity (Wildman–Crippen MR) is 96.8 cm³/mol. The van der Waals surface area contributed by atoms with Crippen LogP contribution in [-0.2, 0) is 22.5 Å². The van der Waals surface area contributed by atoms with Crippen LogP contribution in [0.2, 0.25) is 0 Å². The minimum absolute atomic E-state index is 0.278. The van der Waals surface area contributed by atoms with Crippen molar-refractivity contribution in [1.29, 1.82) is 0 Å². The van der Waals surface area contributed by atoms with Gasteiger partial charge in [0.25, 0.3) is 0 Å². The molecule has 5 heteroatoms. The van der Waals surface area contributed by atoms with Gasteiger partial charge in [-0.2, -0.15) is 0 Å². The van der Waals surface area contributed by atoms with Gasteiger partial charge in [-0.3, -0.25) is 0 Å². The Morgan fingerprint density at radius 2 is 1.72 bits per heavy atom. The lowest BCUT2D eigenvalue weighted by atomic mass is 10.1. The average molecular weight is 343 g/mol. The Bertz CT molecular complexity index is 613. The van der Waals surface area contributed by atoms with E-state index in [9.17, 15) is 4.79 Å². The number of benzene rings is 2. The first kappa shape index (κ1) is 18.8. The number of ether oxygens (including phenoxy) is 3. The van der Waals surface area contributed by atoms with E-state index < -0.39 is 6.09 Å². The zero-order chi connectivity index (χ0) is 17.7. The Morgan fingerprint density at radius 3 is 2.44 bits per heavy atom. The summed E-state index contributed by atoms with van der Waals surface area (Å²) in [6.45, 7) is 4.59. The Kier molecular flexibility index (Phi) is 8.35. The maximum absolute atomic E-state index is 11.7. The van der Waals surface area contributed by atoms with Gasteiger partial charge in [-0.25, -0.2) is 4.79 Å². The van der Waals surface area contributed by atoms with Crippen molar-refractivity contribution in [3.05, 3.63) is 65.7 Å². The first-order chi connectivity index (χ1) is 12.3. The summed E-state index contributed by atoms with van der Waals surface area (Å²) in [6, 6.07) is 17.4. The Balaban J connectivity index is 1.61. The zero-order valence-corrected chi connectivity index (χ0v) is 14.6. The van der Waals surface area contributed by atoms with Crippen LogP contribution in [0, 0.1) is 0 Å². The van der Waals surface area contributed by atoms with Crippen LogP contribution in [0.4, 0.5) is 4.79 Å². The standard InChI is InChI=1S/C20H25NO4/c1-2-23-14-15-24-19-10-8-17(9-11-19)12-13-21-20(22)25-16-18-6-4-3-5-7-18/h3-11H,2,12-16H2,1H3,(H,21,22). The van der Waals surface area contributed by atoms with Crippen LogP contribution < -0.4 is 10.1 Å². The molecule has 0 aliphatic carbocycles. The summed E-state index contributed by atoms with van der Waals surface area (Å²) < 4.78 is 16.0. The van der Waals surface area contributed by atoms with E-state index in [2.05, 4.69) is 5.32 Å². The number of hydrogen-bond acceptors (Lipinski definition) is 4. The fourth-order valence-electron chi connectivity index (χ4n) is 2.20. The molecular weight excluding hydrogens is 318 g/mol. The minimum atomic E-state index is -0.403. The average Bonchev–Trinajstić information content (AvgIpc) is 2.66. The van der Waals surface area contributed by atoms with Gasteiger partial charge in [0.15, 0.2) is 0 Å². The fraction of sp³-hybridized carbons (Fsp3) is 0.350. The monoisotopic (exact) mass is 343 g/mol. The summed E-state index contributed by atoms with van der Waals surface area (Å²) in [5.41, 5.74) is 2.10. The number of hydrogen-bond donors (Lipinski definition) is 1. The Hall–Kier alpha value is -2.53. The lowest BCUT2D eigenvalue weighted by Crippen LogP contribution is -2.26. The second-order valence-electron chi connectivity index (χ2n) is 5.43. The summed E-state index contributed by atoms with van der Waals surface area (Å²) in [6.07, 6.45) is 0.333. The number of nitrogens with one attached hydrogen (secondary N) is 1. The van der Waals surface area contributed by atoms with Crippen molar-refractivity contribution < 1.29 is 19.0 Å². The van der Waals surface area contributed by atoms with E-state index in [0.29, 0.717) is 26.4 Å². The fourth-order valence-corrected chi connectivity index (χ4v) is 2.20. The molecule has 0 heterocycles. The van der Waals surface area contributed by atoms with E-state index >= 15 is 0 Å². The number of amides is 1.